The molecule has 1 aromatic rings. The van der Waals surface area contributed by atoms with E-state index in [1.54, 1.807) is 12.3 Å². The second-order valence-corrected chi connectivity index (χ2v) is 2.02. The van der Waals surface area contributed by atoms with Gasteiger partial charge in [-0.2, -0.15) is 0 Å². The van der Waals surface area contributed by atoms with E-state index in [1.807, 2.05) is 7.85 Å². The number of nitrogens with zero attached hydrogens (tertiary/aromatic N) is 1. The highest BCUT2D eigenvalue weighted by molar-refractivity contribution is 6.32. The maximum atomic E-state index is 9.09. The molecule has 1 heterocycles. The maximum absolute atomic E-state index is 9.09. The van der Waals surface area contributed by atoms with Gasteiger partial charge in [-0.15, -0.1) is 0 Å². The predicted molar refractivity (Wildman–Crippen MR) is 41.9 cm³/mol. The third-order valence-electron chi connectivity index (χ3n) is 1.14. The predicted octanol–water partition coefficient (Wildman–Crippen LogP) is -1.67. The Balaban J connectivity index is 3.07. The Morgan fingerprint density at radius 2 is 2.40 bits per heavy atom. The highest BCUT2D eigenvalue weighted by Crippen LogP contribution is 2.14. The minimum absolute atomic E-state index is 0.0718. The van der Waals surface area contributed by atoms with Crippen molar-refractivity contribution in [3.05, 3.63) is 12.3 Å². The third-order valence-corrected chi connectivity index (χ3v) is 1.14. The molecule has 0 bridgehead atoms. The number of aromatic nitrogens is 1. The van der Waals surface area contributed by atoms with Crippen LogP contribution >= 0.6 is 0 Å². The van der Waals surface area contributed by atoms with Crippen LogP contribution in [0.25, 0.3) is 0 Å². The van der Waals surface area contributed by atoms with Crippen LogP contribution in [0.4, 0.5) is 5.82 Å². The molecule has 1 rings (SSSR count). The fourth-order valence-corrected chi connectivity index (χ4v) is 0.665. The maximum Gasteiger partial charge on any atom is 0.182 e. The quantitative estimate of drug-likeness (QED) is 0.246. The lowest BCUT2D eigenvalue weighted by Crippen LogP contribution is -2.11. The number of nitrogens with two attached hydrogens (primary N) is 1. The molecule has 52 valence electrons. The second-order valence-electron chi connectivity index (χ2n) is 2.02. The Kier molecular flexibility index (Phi) is 1.77. The number of hydrogen-bond acceptors (Lipinski definition) is 4. The summed E-state index contributed by atoms with van der Waals surface area (Å²) in [7, 11) is 1.84. The van der Waals surface area contributed by atoms with E-state index in [2.05, 4.69) is 10.4 Å². The van der Waals surface area contributed by atoms with Crippen molar-refractivity contribution in [2.75, 3.05) is 5.43 Å². The van der Waals surface area contributed by atoms with Gasteiger partial charge in [-0.3, -0.25) is 0 Å². The van der Waals surface area contributed by atoms with Crippen LogP contribution in [0.3, 0.4) is 0 Å². The molecule has 0 saturated carbocycles. The third kappa shape index (κ3) is 1.19. The first-order valence-electron chi connectivity index (χ1n) is 2.86. The van der Waals surface area contributed by atoms with Gasteiger partial charge in [0.25, 0.3) is 0 Å². The summed E-state index contributed by atoms with van der Waals surface area (Å²) in [5, 5.41) is 9.09. The van der Waals surface area contributed by atoms with E-state index in [1.165, 1.54) is 0 Å². The van der Waals surface area contributed by atoms with E-state index in [0.29, 0.717) is 5.82 Å². The van der Waals surface area contributed by atoms with E-state index in [9.17, 15) is 0 Å². The van der Waals surface area contributed by atoms with Crippen LogP contribution in [0, 0.1) is 0 Å². The van der Waals surface area contributed by atoms with Crippen LogP contribution in [-0.4, -0.2) is 17.9 Å². The summed E-state index contributed by atoms with van der Waals surface area (Å²) in [4.78, 5) is 3.81. The van der Waals surface area contributed by atoms with E-state index in [-0.39, 0.29) is 5.75 Å². The fourth-order valence-electron chi connectivity index (χ4n) is 0.665. The number of aromatic hydroxyl groups is 1. The topological polar surface area (TPSA) is 71.2 Å². The van der Waals surface area contributed by atoms with Crippen LogP contribution in [0.1, 0.15) is 0 Å². The Labute approximate surface area is 59.5 Å². The molecule has 0 unspecified atom stereocenters. The molecule has 0 fully saturated rings. The van der Waals surface area contributed by atoms with Crippen molar-refractivity contribution in [3.8, 4) is 5.75 Å². The molecule has 0 amide bonds. The van der Waals surface area contributed by atoms with Gasteiger partial charge in [-0.25, -0.2) is 10.8 Å². The minimum atomic E-state index is 0.0718. The van der Waals surface area contributed by atoms with Gasteiger partial charge in [-0.1, -0.05) is 5.46 Å². The summed E-state index contributed by atoms with van der Waals surface area (Å²) >= 11 is 0. The Morgan fingerprint density at radius 3 is 2.90 bits per heavy atom. The summed E-state index contributed by atoms with van der Waals surface area (Å²) in [5.74, 6) is 5.40. The van der Waals surface area contributed by atoms with Crippen molar-refractivity contribution >= 4 is 19.1 Å². The zero-order valence-electron chi connectivity index (χ0n) is 5.63. The van der Waals surface area contributed by atoms with Gasteiger partial charge in [-0.05, 0) is 6.07 Å². The molecular weight excluding hydrogens is 129 g/mol. The standard InChI is InChI=1S/C5H8BN3O/c6-3-1-4(10)5(9-7)8-2-3/h1-2,10H,6-7H2,(H,8,9). The number of hydrazine groups is 1. The van der Waals surface area contributed by atoms with Crippen molar-refractivity contribution in [2.45, 2.75) is 0 Å². The van der Waals surface area contributed by atoms with Crippen molar-refractivity contribution < 1.29 is 5.11 Å². The Hall–Kier alpha value is -1.23. The van der Waals surface area contributed by atoms with Crippen molar-refractivity contribution in [1.29, 1.82) is 0 Å². The molecule has 0 saturated heterocycles. The summed E-state index contributed by atoms with van der Waals surface area (Å²) in [6.45, 7) is 0. The van der Waals surface area contributed by atoms with E-state index < -0.39 is 0 Å². The van der Waals surface area contributed by atoms with Gasteiger partial charge < -0.3 is 10.5 Å². The van der Waals surface area contributed by atoms with E-state index in [0.717, 1.165) is 5.46 Å². The molecule has 0 radical (unpaired) electrons. The molecule has 0 aliphatic rings. The first kappa shape index (κ1) is 6.89. The van der Waals surface area contributed by atoms with E-state index >= 15 is 0 Å². The van der Waals surface area contributed by atoms with Gasteiger partial charge >= 0.3 is 0 Å². The first-order chi connectivity index (χ1) is 4.74. The largest absolute Gasteiger partial charge is 0.504 e. The molecule has 0 aliphatic carbocycles. The fraction of sp³-hybridized carbons (Fsp3) is 0. The number of nitrogen functional groups attached to an aromatic ring is 1. The number of rotatable bonds is 1. The van der Waals surface area contributed by atoms with Gasteiger partial charge in [0, 0.05) is 6.20 Å². The van der Waals surface area contributed by atoms with Crippen molar-refractivity contribution in [2.24, 2.45) is 5.84 Å². The Bertz CT molecular complexity index is 240. The van der Waals surface area contributed by atoms with Gasteiger partial charge in [0.2, 0.25) is 0 Å². The van der Waals surface area contributed by atoms with Crippen LogP contribution in [0.15, 0.2) is 12.3 Å². The molecule has 5 heteroatoms. The smallest absolute Gasteiger partial charge is 0.182 e. The zero-order chi connectivity index (χ0) is 7.56. The Morgan fingerprint density at radius 1 is 1.70 bits per heavy atom. The molecular formula is C5H8BN3O. The lowest BCUT2D eigenvalue weighted by Gasteiger charge is -2.01. The van der Waals surface area contributed by atoms with Crippen LogP contribution in [-0.2, 0) is 0 Å². The molecule has 0 spiro atoms. The molecule has 0 aliphatic heterocycles. The van der Waals surface area contributed by atoms with Crippen LogP contribution in [0.5, 0.6) is 5.75 Å². The minimum Gasteiger partial charge on any atom is -0.504 e. The average Bonchev–Trinajstić information content (AvgIpc) is 1.88. The molecule has 4 N–H and O–H groups in total. The summed E-state index contributed by atoms with van der Waals surface area (Å²) in [6.07, 6.45) is 1.62. The highest BCUT2D eigenvalue weighted by atomic mass is 16.3. The molecule has 1 aromatic heterocycles. The summed E-state index contributed by atoms with van der Waals surface area (Å²) in [6, 6.07) is 1.59. The van der Waals surface area contributed by atoms with Gasteiger partial charge in [0.15, 0.2) is 11.6 Å². The molecule has 0 aromatic carbocycles. The van der Waals surface area contributed by atoms with E-state index in [4.69, 9.17) is 10.9 Å². The lowest BCUT2D eigenvalue weighted by atomic mass is 9.99. The number of nitrogens with one attached hydrogen (secondary N) is 1. The van der Waals surface area contributed by atoms with Crippen LogP contribution in [0.2, 0.25) is 0 Å². The SMILES string of the molecule is Bc1cnc(NN)c(O)c1. The second kappa shape index (κ2) is 2.57. The van der Waals surface area contributed by atoms with Crippen LogP contribution < -0.4 is 16.7 Å². The first-order valence-corrected chi connectivity index (χ1v) is 2.86. The average molecular weight is 137 g/mol. The molecule has 10 heavy (non-hydrogen) atoms. The number of pyridine rings is 1. The lowest BCUT2D eigenvalue weighted by molar-refractivity contribution is 0.475. The van der Waals surface area contributed by atoms with Crippen molar-refractivity contribution in [3.63, 3.8) is 0 Å². The monoisotopic (exact) mass is 137 g/mol. The number of hydrogen-bond donors (Lipinski definition) is 3. The summed E-state index contributed by atoms with van der Waals surface area (Å²) in [5.41, 5.74) is 3.16. The highest BCUT2D eigenvalue weighted by Gasteiger charge is 1.97. The zero-order valence-corrected chi connectivity index (χ0v) is 5.63. The molecule has 0 atom stereocenters. The van der Waals surface area contributed by atoms with Gasteiger partial charge in [0.1, 0.15) is 7.85 Å². The molecule has 4 nitrogen and oxygen atoms in total. The van der Waals surface area contributed by atoms with Crippen molar-refractivity contribution in [1.82, 2.24) is 4.98 Å². The normalized spacial score (nSPS) is 9.30. The number of anilines is 1. The summed E-state index contributed by atoms with van der Waals surface area (Å²) < 4.78 is 0. The van der Waals surface area contributed by atoms with Gasteiger partial charge in [0.05, 0.1) is 0 Å².